The molecular formula is C6H10N2O2. The van der Waals surface area contributed by atoms with Gasteiger partial charge in [0.2, 0.25) is 0 Å². The number of hydrogen-bond donors (Lipinski definition) is 1. The molecule has 0 atom stereocenters. The summed E-state index contributed by atoms with van der Waals surface area (Å²) in [5.41, 5.74) is 0.878. The van der Waals surface area contributed by atoms with Gasteiger partial charge in [-0.05, 0) is 6.92 Å². The Balaban J connectivity index is 2.42. The highest BCUT2D eigenvalue weighted by Gasteiger charge is 1.97. The van der Waals surface area contributed by atoms with Crippen molar-refractivity contribution in [1.29, 1.82) is 0 Å². The van der Waals surface area contributed by atoms with E-state index in [0.717, 1.165) is 11.5 Å². The van der Waals surface area contributed by atoms with Gasteiger partial charge in [-0.15, -0.1) is 0 Å². The first kappa shape index (κ1) is 7.24. The number of nitrogens with zero attached hydrogens (tertiary/aromatic N) is 1. The lowest BCUT2D eigenvalue weighted by Crippen LogP contribution is -2.03. The summed E-state index contributed by atoms with van der Waals surface area (Å²) in [6, 6.07) is 1.86. The van der Waals surface area contributed by atoms with Gasteiger partial charge < -0.3 is 9.36 Å². The molecule has 1 aromatic heterocycles. The van der Waals surface area contributed by atoms with E-state index in [1.165, 1.54) is 0 Å². The highest BCUT2D eigenvalue weighted by molar-refractivity contribution is 5.03. The highest BCUT2D eigenvalue weighted by Crippen LogP contribution is 2.01. The van der Waals surface area contributed by atoms with E-state index < -0.39 is 0 Å². The van der Waals surface area contributed by atoms with Crippen LogP contribution in [-0.4, -0.2) is 11.8 Å². The summed E-state index contributed by atoms with van der Waals surface area (Å²) in [5.74, 6) is 5.64. The standard InChI is InChI=1S/C6H10N2O2/c1-5-4-6(8-10-5)2-3-9-7/h4H,2-3,7H2,1H3. The number of aromatic nitrogens is 1. The lowest BCUT2D eigenvalue weighted by atomic mass is 10.3. The molecule has 1 heterocycles. The first-order chi connectivity index (χ1) is 4.83. The Kier molecular flexibility index (Phi) is 2.42. The average molecular weight is 142 g/mol. The molecule has 0 radical (unpaired) electrons. The second kappa shape index (κ2) is 3.34. The summed E-state index contributed by atoms with van der Waals surface area (Å²) in [6.07, 6.45) is 0.702. The predicted octanol–water partition coefficient (Wildman–Crippen LogP) is 0.416. The van der Waals surface area contributed by atoms with E-state index in [1.807, 2.05) is 13.0 Å². The summed E-state index contributed by atoms with van der Waals surface area (Å²) in [5, 5.41) is 3.74. The maximum Gasteiger partial charge on any atom is 0.133 e. The first-order valence-corrected chi connectivity index (χ1v) is 3.07. The third kappa shape index (κ3) is 1.82. The second-order valence-electron chi connectivity index (χ2n) is 2.05. The van der Waals surface area contributed by atoms with Crippen LogP contribution < -0.4 is 5.90 Å². The van der Waals surface area contributed by atoms with Crippen LogP contribution in [0.25, 0.3) is 0 Å². The summed E-state index contributed by atoms with van der Waals surface area (Å²) < 4.78 is 4.82. The van der Waals surface area contributed by atoms with Crippen LogP contribution in [0.2, 0.25) is 0 Å². The van der Waals surface area contributed by atoms with E-state index in [1.54, 1.807) is 0 Å². The number of nitrogens with two attached hydrogens (primary N) is 1. The van der Waals surface area contributed by atoms with Crippen LogP contribution in [0.3, 0.4) is 0 Å². The minimum atomic E-state index is 0.478. The topological polar surface area (TPSA) is 61.3 Å². The van der Waals surface area contributed by atoms with Crippen LogP contribution in [0.5, 0.6) is 0 Å². The Bertz CT molecular complexity index is 197. The van der Waals surface area contributed by atoms with Crippen molar-refractivity contribution < 1.29 is 9.36 Å². The molecule has 10 heavy (non-hydrogen) atoms. The zero-order valence-electron chi connectivity index (χ0n) is 5.83. The largest absolute Gasteiger partial charge is 0.361 e. The molecule has 1 rings (SSSR count). The van der Waals surface area contributed by atoms with Gasteiger partial charge in [0.15, 0.2) is 0 Å². The highest BCUT2D eigenvalue weighted by atomic mass is 16.6. The van der Waals surface area contributed by atoms with Gasteiger partial charge in [-0.2, -0.15) is 0 Å². The fourth-order valence-electron chi connectivity index (χ4n) is 0.699. The van der Waals surface area contributed by atoms with Gasteiger partial charge >= 0.3 is 0 Å². The molecule has 1 aromatic rings. The van der Waals surface area contributed by atoms with E-state index in [4.69, 9.17) is 10.4 Å². The monoisotopic (exact) mass is 142 g/mol. The van der Waals surface area contributed by atoms with Gasteiger partial charge in [-0.3, -0.25) is 0 Å². The fraction of sp³-hybridized carbons (Fsp3) is 0.500. The van der Waals surface area contributed by atoms with Gasteiger partial charge in [0.05, 0.1) is 12.3 Å². The quantitative estimate of drug-likeness (QED) is 0.621. The van der Waals surface area contributed by atoms with Crippen molar-refractivity contribution in [3.63, 3.8) is 0 Å². The van der Waals surface area contributed by atoms with E-state index in [2.05, 4.69) is 9.99 Å². The molecule has 0 spiro atoms. The zero-order valence-corrected chi connectivity index (χ0v) is 5.83. The molecule has 0 unspecified atom stereocenters. The van der Waals surface area contributed by atoms with Crippen molar-refractivity contribution in [3.8, 4) is 0 Å². The minimum Gasteiger partial charge on any atom is -0.361 e. The van der Waals surface area contributed by atoms with Gasteiger partial charge in [0, 0.05) is 12.5 Å². The molecule has 4 heteroatoms. The minimum absolute atomic E-state index is 0.478. The maximum absolute atomic E-state index is 4.82. The molecule has 0 saturated carbocycles. The second-order valence-corrected chi connectivity index (χ2v) is 2.05. The van der Waals surface area contributed by atoms with Gasteiger partial charge in [0.25, 0.3) is 0 Å². The molecule has 4 nitrogen and oxygen atoms in total. The smallest absolute Gasteiger partial charge is 0.133 e. The molecule has 56 valence electrons. The molecule has 0 saturated heterocycles. The number of rotatable bonds is 3. The summed E-state index contributed by atoms with van der Waals surface area (Å²) in [7, 11) is 0. The molecule has 0 aliphatic carbocycles. The Morgan fingerprint density at radius 2 is 2.60 bits per heavy atom. The summed E-state index contributed by atoms with van der Waals surface area (Å²) in [4.78, 5) is 4.37. The van der Waals surface area contributed by atoms with Crippen LogP contribution >= 0.6 is 0 Å². The first-order valence-electron chi connectivity index (χ1n) is 3.07. The molecule has 0 aliphatic heterocycles. The van der Waals surface area contributed by atoms with Gasteiger partial charge in [0.1, 0.15) is 5.76 Å². The van der Waals surface area contributed by atoms with Gasteiger partial charge in [-0.1, -0.05) is 5.16 Å². The Labute approximate surface area is 58.9 Å². The summed E-state index contributed by atoms with van der Waals surface area (Å²) in [6.45, 7) is 2.33. The molecular weight excluding hydrogens is 132 g/mol. The van der Waals surface area contributed by atoms with Crippen molar-refractivity contribution in [1.82, 2.24) is 5.16 Å². The zero-order chi connectivity index (χ0) is 7.40. The fourth-order valence-corrected chi connectivity index (χ4v) is 0.699. The normalized spacial score (nSPS) is 10.2. The van der Waals surface area contributed by atoms with E-state index >= 15 is 0 Å². The lowest BCUT2D eigenvalue weighted by Gasteiger charge is -1.90. The molecule has 0 aromatic carbocycles. The molecule has 0 bridgehead atoms. The van der Waals surface area contributed by atoms with Gasteiger partial charge in [-0.25, -0.2) is 5.90 Å². The van der Waals surface area contributed by atoms with Crippen LogP contribution in [0.15, 0.2) is 10.6 Å². The molecule has 0 amide bonds. The van der Waals surface area contributed by atoms with Crippen LogP contribution in [0.4, 0.5) is 0 Å². The van der Waals surface area contributed by atoms with Crippen LogP contribution in [0.1, 0.15) is 11.5 Å². The van der Waals surface area contributed by atoms with Crippen molar-refractivity contribution in [2.24, 2.45) is 5.90 Å². The number of aryl methyl sites for hydroxylation is 1. The molecule has 0 aliphatic rings. The molecule has 0 fully saturated rings. The third-order valence-electron chi connectivity index (χ3n) is 1.15. The molecule has 2 N–H and O–H groups in total. The van der Waals surface area contributed by atoms with Crippen molar-refractivity contribution >= 4 is 0 Å². The van der Waals surface area contributed by atoms with E-state index in [0.29, 0.717) is 13.0 Å². The lowest BCUT2D eigenvalue weighted by molar-refractivity contribution is 0.140. The van der Waals surface area contributed by atoms with Crippen LogP contribution in [0, 0.1) is 6.92 Å². The van der Waals surface area contributed by atoms with Crippen molar-refractivity contribution in [2.75, 3.05) is 6.61 Å². The van der Waals surface area contributed by atoms with E-state index in [-0.39, 0.29) is 0 Å². The van der Waals surface area contributed by atoms with Crippen molar-refractivity contribution in [2.45, 2.75) is 13.3 Å². The predicted molar refractivity (Wildman–Crippen MR) is 35.1 cm³/mol. The maximum atomic E-state index is 4.82. The Morgan fingerprint density at radius 1 is 1.80 bits per heavy atom. The Hall–Kier alpha value is -0.870. The SMILES string of the molecule is Cc1cc(CCON)no1. The van der Waals surface area contributed by atoms with Crippen molar-refractivity contribution in [3.05, 3.63) is 17.5 Å². The Morgan fingerprint density at radius 3 is 3.10 bits per heavy atom. The van der Waals surface area contributed by atoms with E-state index in [9.17, 15) is 0 Å². The average Bonchev–Trinajstić information content (AvgIpc) is 2.31. The van der Waals surface area contributed by atoms with Crippen LogP contribution in [-0.2, 0) is 11.3 Å². The third-order valence-corrected chi connectivity index (χ3v) is 1.15. The summed E-state index contributed by atoms with van der Waals surface area (Å²) >= 11 is 0. The number of hydrogen-bond acceptors (Lipinski definition) is 4.